The molecule has 0 rings (SSSR count). The van der Waals surface area contributed by atoms with Crippen molar-refractivity contribution in [3.8, 4) is 0 Å². The maximum Gasteiger partial charge on any atom is 0.0885 e. The maximum atomic E-state index is 5.32. The van der Waals surface area contributed by atoms with Gasteiger partial charge in [0, 0.05) is 6.54 Å². The third-order valence-electron chi connectivity index (χ3n) is 1.23. The smallest absolute Gasteiger partial charge is 0.0885 e. The fourth-order valence-electron chi connectivity index (χ4n) is 0.598. The third-order valence-corrected chi connectivity index (χ3v) is 1.23. The molecule has 0 unspecified atom stereocenters. The van der Waals surface area contributed by atoms with E-state index in [-0.39, 0.29) is 0 Å². The van der Waals surface area contributed by atoms with E-state index < -0.39 is 0 Å². The number of hydrogen-bond acceptors (Lipinski definition) is 2. The molecular weight excluding hydrogens is 124 g/mol. The second-order valence-corrected chi connectivity index (χ2v) is 3.76. The van der Waals surface area contributed by atoms with Gasteiger partial charge in [0.1, 0.15) is 0 Å². The summed E-state index contributed by atoms with van der Waals surface area (Å²) in [4.78, 5) is 0. The quantitative estimate of drug-likeness (QED) is 0.625. The normalized spacial score (nSPS) is 11.1. The SMILES string of the molecule is C=C(N)NCCC(C)(C)C. The molecule has 3 N–H and O–H groups in total. The van der Waals surface area contributed by atoms with Gasteiger partial charge in [-0.05, 0) is 11.8 Å². The zero-order chi connectivity index (χ0) is 8.20. The van der Waals surface area contributed by atoms with Crippen molar-refractivity contribution in [2.24, 2.45) is 11.1 Å². The summed E-state index contributed by atoms with van der Waals surface area (Å²) in [6.07, 6.45) is 1.11. The molecule has 0 fully saturated rings. The second-order valence-electron chi connectivity index (χ2n) is 3.76. The molecule has 0 aliphatic carbocycles. The van der Waals surface area contributed by atoms with Crippen LogP contribution >= 0.6 is 0 Å². The minimum atomic E-state index is 0.377. The monoisotopic (exact) mass is 142 g/mol. The van der Waals surface area contributed by atoms with Crippen LogP contribution in [0.5, 0.6) is 0 Å². The molecule has 0 bridgehead atoms. The van der Waals surface area contributed by atoms with Crippen molar-refractivity contribution in [3.63, 3.8) is 0 Å². The fraction of sp³-hybridized carbons (Fsp3) is 0.750. The fourth-order valence-corrected chi connectivity index (χ4v) is 0.598. The average Bonchev–Trinajstić information content (AvgIpc) is 1.59. The van der Waals surface area contributed by atoms with Gasteiger partial charge in [-0.15, -0.1) is 0 Å². The average molecular weight is 142 g/mol. The predicted octanol–water partition coefficient (Wildman–Crippen LogP) is 1.44. The van der Waals surface area contributed by atoms with Gasteiger partial charge in [0.25, 0.3) is 0 Å². The zero-order valence-corrected chi connectivity index (χ0v) is 7.20. The van der Waals surface area contributed by atoms with Crippen LogP contribution in [-0.2, 0) is 0 Å². The van der Waals surface area contributed by atoms with Crippen LogP contribution in [-0.4, -0.2) is 6.54 Å². The largest absolute Gasteiger partial charge is 0.386 e. The Labute approximate surface area is 63.5 Å². The lowest BCUT2D eigenvalue weighted by Crippen LogP contribution is -2.23. The topological polar surface area (TPSA) is 38.0 Å². The molecule has 0 aliphatic rings. The molecule has 60 valence electrons. The van der Waals surface area contributed by atoms with E-state index in [1.165, 1.54) is 0 Å². The summed E-state index contributed by atoms with van der Waals surface area (Å²) in [6, 6.07) is 0. The van der Waals surface area contributed by atoms with Gasteiger partial charge in [0.2, 0.25) is 0 Å². The van der Waals surface area contributed by atoms with Crippen LogP contribution in [0.1, 0.15) is 27.2 Å². The minimum absolute atomic E-state index is 0.377. The lowest BCUT2D eigenvalue weighted by atomic mass is 9.92. The molecule has 0 radical (unpaired) electrons. The van der Waals surface area contributed by atoms with E-state index >= 15 is 0 Å². The first-order chi connectivity index (χ1) is 4.42. The molecule has 0 aliphatic heterocycles. The maximum absolute atomic E-state index is 5.32. The van der Waals surface area contributed by atoms with Gasteiger partial charge in [-0.1, -0.05) is 27.4 Å². The standard InChI is InChI=1S/C8H18N2/c1-7(9)10-6-5-8(2,3)4/h10H,1,5-6,9H2,2-4H3. The van der Waals surface area contributed by atoms with Gasteiger partial charge in [0.15, 0.2) is 0 Å². The molecule has 2 nitrogen and oxygen atoms in total. The molecule has 0 amide bonds. The van der Waals surface area contributed by atoms with Crippen LogP contribution in [0.15, 0.2) is 12.4 Å². The Hall–Kier alpha value is -0.660. The Balaban J connectivity index is 3.29. The third kappa shape index (κ3) is 7.34. The lowest BCUT2D eigenvalue weighted by molar-refractivity contribution is 0.373. The molecule has 0 aromatic carbocycles. The zero-order valence-electron chi connectivity index (χ0n) is 7.20. The first kappa shape index (κ1) is 9.34. The molecule has 0 spiro atoms. The van der Waals surface area contributed by atoms with Crippen molar-refractivity contribution in [1.82, 2.24) is 5.32 Å². The summed E-state index contributed by atoms with van der Waals surface area (Å²) >= 11 is 0. The van der Waals surface area contributed by atoms with E-state index in [4.69, 9.17) is 5.73 Å². The summed E-state index contributed by atoms with van der Waals surface area (Å²) in [5.74, 6) is 0.559. The highest BCUT2D eigenvalue weighted by Crippen LogP contribution is 2.16. The summed E-state index contributed by atoms with van der Waals surface area (Å²) in [5, 5.41) is 2.99. The molecule has 0 aromatic rings. The first-order valence-corrected chi connectivity index (χ1v) is 3.60. The van der Waals surface area contributed by atoms with Crippen LogP contribution in [0.4, 0.5) is 0 Å². The van der Waals surface area contributed by atoms with E-state index in [9.17, 15) is 0 Å². The summed E-state index contributed by atoms with van der Waals surface area (Å²) in [5.41, 5.74) is 5.69. The molecule has 0 aromatic heterocycles. The van der Waals surface area contributed by atoms with Crippen LogP contribution in [0.25, 0.3) is 0 Å². The van der Waals surface area contributed by atoms with Gasteiger partial charge in [-0.25, -0.2) is 0 Å². The number of hydrogen-bond donors (Lipinski definition) is 2. The molecule has 0 atom stereocenters. The van der Waals surface area contributed by atoms with Gasteiger partial charge >= 0.3 is 0 Å². The molecule has 2 heteroatoms. The Bertz CT molecular complexity index is 111. The predicted molar refractivity (Wildman–Crippen MR) is 45.4 cm³/mol. The highest BCUT2D eigenvalue weighted by molar-refractivity contribution is 4.82. The number of nitrogens with one attached hydrogen (secondary N) is 1. The van der Waals surface area contributed by atoms with Gasteiger partial charge < -0.3 is 11.1 Å². The van der Waals surface area contributed by atoms with Gasteiger partial charge in [-0.2, -0.15) is 0 Å². The number of nitrogens with two attached hydrogens (primary N) is 1. The van der Waals surface area contributed by atoms with Crippen molar-refractivity contribution >= 4 is 0 Å². The van der Waals surface area contributed by atoms with Crippen LogP contribution in [0.2, 0.25) is 0 Å². The van der Waals surface area contributed by atoms with Gasteiger partial charge in [-0.3, -0.25) is 0 Å². The van der Waals surface area contributed by atoms with Crippen molar-refractivity contribution < 1.29 is 0 Å². The van der Waals surface area contributed by atoms with Crippen molar-refractivity contribution in [1.29, 1.82) is 0 Å². The summed E-state index contributed by atoms with van der Waals surface area (Å²) in [7, 11) is 0. The van der Waals surface area contributed by atoms with Gasteiger partial charge in [0.05, 0.1) is 5.82 Å². The van der Waals surface area contributed by atoms with E-state index in [2.05, 4.69) is 32.7 Å². The van der Waals surface area contributed by atoms with Crippen LogP contribution < -0.4 is 11.1 Å². The van der Waals surface area contributed by atoms with Crippen LogP contribution in [0, 0.1) is 5.41 Å². The highest BCUT2D eigenvalue weighted by Gasteiger charge is 2.08. The summed E-state index contributed by atoms with van der Waals surface area (Å²) < 4.78 is 0. The van der Waals surface area contributed by atoms with E-state index in [0.717, 1.165) is 13.0 Å². The van der Waals surface area contributed by atoms with E-state index in [1.54, 1.807) is 0 Å². The van der Waals surface area contributed by atoms with Crippen molar-refractivity contribution in [3.05, 3.63) is 12.4 Å². The molecule has 0 heterocycles. The number of rotatable bonds is 3. The molecule has 0 saturated carbocycles. The first-order valence-electron chi connectivity index (χ1n) is 3.60. The molecule has 0 saturated heterocycles. The van der Waals surface area contributed by atoms with E-state index in [1.807, 2.05) is 0 Å². The van der Waals surface area contributed by atoms with Crippen molar-refractivity contribution in [2.75, 3.05) is 6.54 Å². The highest BCUT2D eigenvalue weighted by atomic mass is 15.0. The molecular formula is C8H18N2. The Kier molecular flexibility index (Phi) is 3.26. The Morgan fingerprint density at radius 2 is 2.00 bits per heavy atom. The van der Waals surface area contributed by atoms with E-state index in [0.29, 0.717) is 11.2 Å². The summed E-state index contributed by atoms with van der Waals surface area (Å²) in [6.45, 7) is 11.1. The van der Waals surface area contributed by atoms with Crippen LogP contribution in [0.3, 0.4) is 0 Å². The Morgan fingerprint density at radius 3 is 2.30 bits per heavy atom. The minimum Gasteiger partial charge on any atom is -0.386 e. The second kappa shape index (κ2) is 3.49. The van der Waals surface area contributed by atoms with Crippen molar-refractivity contribution in [2.45, 2.75) is 27.2 Å². The molecule has 10 heavy (non-hydrogen) atoms. The lowest BCUT2D eigenvalue weighted by Gasteiger charge is -2.18. The Morgan fingerprint density at radius 1 is 1.50 bits per heavy atom.